The van der Waals surface area contributed by atoms with Crippen molar-refractivity contribution < 1.29 is 4.79 Å². The third-order valence-corrected chi connectivity index (χ3v) is 3.49. The fraction of sp³-hybridized carbons (Fsp3) is 0.200. The van der Waals surface area contributed by atoms with Gasteiger partial charge in [-0.15, -0.1) is 0 Å². The second-order valence-electron chi connectivity index (χ2n) is 5.44. The molecule has 3 rings (SSSR count). The Hall–Kier alpha value is -2.96. The molecule has 0 saturated heterocycles. The maximum Gasteiger partial charge on any atom is 0.276 e. The molecule has 1 aliphatic heterocycles. The average Bonchev–Trinajstić information content (AvgIpc) is 2.73. The topological polar surface area (TPSA) is 88.9 Å². The summed E-state index contributed by atoms with van der Waals surface area (Å²) in [6.45, 7) is 7.26. The van der Waals surface area contributed by atoms with E-state index in [1.54, 1.807) is 38.3 Å². The van der Waals surface area contributed by atoms with Crippen molar-refractivity contribution in [2.45, 2.75) is 19.5 Å². The van der Waals surface area contributed by atoms with Gasteiger partial charge >= 0.3 is 0 Å². The number of anilines is 2. The van der Waals surface area contributed by atoms with Crippen LogP contribution in [0, 0.1) is 0 Å². The molecule has 0 saturated carbocycles. The van der Waals surface area contributed by atoms with Crippen LogP contribution < -0.4 is 16.2 Å². The molecule has 0 radical (unpaired) electrons. The second-order valence-corrected chi connectivity index (χ2v) is 5.44. The highest BCUT2D eigenvalue weighted by Crippen LogP contribution is 2.26. The first-order valence-corrected chi connectivity index (χ1v) is 6.72. The molecule has 0 atom stereocenters. The zero-order valence-electron chi connectivity index (χ0n) is 12.3. The predicted octanol–water partition coefficient (Wildman–Crippen LogP) is 1.46. The highest BCUT2D eigenvalue weighted by atomic mass is 16.2. The van der Waals surface area contributed by atoms with Crippen LogP contribution in [0.2, 0.25) is 0 Å². The highest BCUT2D eigenvalue weighted by Gasteiger charge is 2.37. The lowest BCUT2D eigenvalue weighted by Gasteiger charge is -2.22. The standard InChI is InChI=1S/C15H15N5O2/c1-4-9-7-10(18-11-5-6-16-8-17-11)14(22)20-12(9)13(21)19-15(20,2)3/h4-8H,1H2,2-3H3,(H,19,21)(H,16,17,18). The Morgan fingerprint density at radius 1 is 1.41 bits per heavy atom. The Morgan fingerprint density at radius 3 is 2.82 bits per heavy atom. The molecule has 22 heavy (non-hydrogen) atoms. The maximum atomic E-state index is 12.7. The van der Waals surface area contributed by atoms with Crippen LogP contribution in [0.5, 0.6) is 0 Å². The van der Waals surface area contributed by atoms with Crippen LogP contribution in [0.4, 0.5) is 11.5 Å². The van der Waals surface area contributed by atoms with Crippen LogP contribution in [0.3, 0.4) is 0 Å². The van der Waals surface area contributed by atoms with Gasteiger partial charge in [0.05, 0.1) is 0 Å². The molecule has 7 nitrogen and oxygen atoms in total. The molecular formula is C15H15N5O2. The van der Waals surface area contributed by atoms with Crippen molar-refractivity contribution in [1.82, 2.24) is 19.9 Å². The normalized spacial score (nSPS) is 15.1. The number of pyridine rings is 1. The summed E-state index contributed by atoms with van der Waals surface area (Å²) >= 11 is 0. The molecule has 3 heterocycles. The third kappa shape index (κ3) is 2.07. The van der Waals surface area contributed by atoms with Gasteiger partial charge in [0.15, 0.2) is 0 Å². The molecule has 1 aliphatic rings. The smallest absolute Gasteiger partial charge is 0.276 e. The van der Waals surface area contributed by atoms with E-state index in [0.717, 1.165) is 0 Å². The number of rotatable bonds is 3. The van der Waals surface area contributed by atoms with Gasteiger partial charge in [0.25, 0.3) is 11.5 Å². The van der Waals surface area contributed by atoms with Crippen LogP contribution in [-0.4, -0.2) is 20.4 Å². The van der Waals surface area contributed by atoms with Crippen molar-refractivity contribution in [3.63, 3.8) is 0 Å². The number of nitrogens with zero attached hydrogens (tertiary/aromatic N) is 3. The Kier molecular flexibility index (Phi) is 3.05. The molecule has 0 spiro atoms. The molecule has 0 bridgehead atoms. The Morgan fingerprint density at radius 2 is 2.18 bits per heavy atom. The zero-order valence-corrected chi connectivity index (χ0v) is 12.3. The molecule has 1 amide bonds. The molecule has 0 aliphatic carbocycles. The maximum absolute atomic E-state index is 12.7. The van der Waals surface area contributed by atoms with Crippen LogP contribution >= 0.6 is 0 Å². The van der Waals surface area contributed by atoms with E-state index >= 15 is 0 Å². The van der Waals surface area contributed by atoms with Gasteiger partial charge in [-0.25, -0.2) is 9.97 Å². The number of fused-ring (bicyclic) bond motifs is 1. The molecular weight excluding hydrogens is 282 g/mol. The lowest BCUT2D eigenvalue weighted by atomic mass is 10.1. The van der Waals surface area contributed by atoms with E-state index in [-0.39, 0.29) is 11.5 Å². The first kappa shape index (κ1) is 14.0. The van der Waals surface area contributed by atoms with Crippen LogP contribution in [0.15, 0.2) is 36.0 Å². The van der Waals surface area contributed by atoms with Crippen LogP contribution in [0.25, 0.3) is 6.08 Å². The average molecular weight is 297 g/mol. The number of hydrogen-bond donors (Lipinski definition) is 2. The van der Waals surface area contributed by atoms with E-state index in [1.165, 1.54) is 10.9 Å². The minimum absolute atomic E-state index is 0.286. The van der Waals surface area contributed by atoms with Crippen molar-refractivity contribution in [2.75, 3.05) is 5.32 Å². The summed E-state index contributed by atoms with van der Waals surface area (Å²) in [6, 6.07) is 3.25. The first-order chi connectivity index (χ1) is 10.4. The minimum atomic E-state index is -0.801. The third-order valence-electron chi connectivity index (χ3n) is 3.49. The van der Waals surface area contributed by atoms with Crippen LogP contribution in [-0.2, 0) is 5.66 Å². The first-order valence-electron chi connectivity index (χ1n) is 6.72. The second kappa shape index (κ2) is 4.80. The number of aromatic nitrogens is 3. The van der Waals surface area contributed by atoms with Gasteiger partial charge in [-0.3, -0.25) is 14.2 Å². The number of hydrogen-bond acceptors (Lipinski definition) is 5. The fourth-order valence-electron chi connectivity index (χ4n) is 2.54. The Balaban J connectivity index is 2.21. The van der Waals surface area contributed by atoms with E-state index in [4.69, 9.17) is 0 Å². The quantitative estimate of drug-likeness (QED) is 0.895. The van der Waals surface area contributed by atoms with Gasteiger partial charge in [-0.1, -0.05) is 12.7 Å². The van der Waals surface area contributed by atoms with Gasteiger partial charge < -0.3 is 10.6 Å². The highest BCUT2D eigenvalue weighted by molar-refractivity contribution is 5.99. The summed E-state index contributed by atoms with van der Waals surface area (Å²) in [5.41, 5.74) is 0.118. The summed E-state index contributed by atoms with van der Waals surface area (Å²) in [5, 5.41) is 5.75. The van der Waals surface area contributed by atoms with Crippen molar-refractivity contribution in [2.24, 2.45) is 0 Å². The summed E-state index contributed by atoms with van der Waals surface area (Å²) in [6.07, 6.45) is 4.51. The van der Waals surface area contributed by atoms with E-state index < -0.39 is 5.66 Å². The van der Waals surface area contributed by atoms with Gasteiger partial charge in [0.1, 0.15) is 29.2 Å². The Labute approximate surface area is 126 Å². The molecule has 2 N–H and O–H groups in total. The fourth-order valence-corrected chi connectivity index (χ4v) is 2.54. The molecule has 0 fully saturated rings. The summed E-state index contributed by atoms with van der Waals surface area (Å²) < 4.78 is 1.44. The van der Waals surface area contributed by atoms with Gasteiger partial charge in [-0.2, -0.15) is 0 Å². The van der Waals surface area contributed by atoms with Crippen LogP contribution in [0.1, 0.15) is 29.9 Å². The van der Waals surface area contributed by atoms with Gasteiger partial charge in [0.2, 0.25) is 0 Å². The predicted molar refractivity (Wildman–Crippen MR) is 82.9 cm³/mol. The summed E-state index contributed by atoms with van der Waals surface area (Å²) in [5.74, 6) is 0.211. The van der Waals surface area contributed by atoms with E-state index in [0.29, 0.717) is 22.8 Å². The summed E-state index contributed by atoms with van der Waals surface area (Å²) in [4.78, 5) is 32.7. The molecule has 0 aromatic carbocycles. The van der Waals surface area contributed by atoms with Gasteiger partial charge in [0, 0.05) is 11.8 Å². The lowest BCUT2D eigenvalue weighted by Crippen LogP contribution is -2.42. The molecule has 112 valence electrons. The molecule has 7 heteroatoms. The van der Waals surface area contributed by atoms with Crippen molar-refractivity contribution in [3.05, 3.63) is 52.8 Å². The largest absolute Gasteiger partial charge is 0.336 e. The minimum Gasteiger partial charge on any atom is -0.336 e. The SMILES string of the molecule is C=Cc1cc(Nc2ccncn2)c(=O)n2c1C(=O)NC2(C)C. The number of nitrogens with one attached hydrogen (secondary N) is 2. The molecule has 0 unspecified atom stereocenters. The zero-order chi connectivity index (χ0) is 15.9. The number of carbonyl (C=O) groups is 1. The van der Waals surface area contributed by atoms with Crippen molar-refractivity contribution >= 4 is 23.5 Å². The Bertz CT molecular complexity index is 824. The molecule has 2 aromatic rings. The van der Waals surface area contributed by atoms with Gasteiger partial charge in [-0.05, 0) is 26.0 Å². The van der Waals surface area contributed by atoms with E-state index in [1.807, 2.05) is 0 Å². The van der Waals surface area contributed by atoms with E-state index in [2.05, 4.69) is 27.2 Å². The van der Waals surface area contributed by atoms with E-state index in [9.17, 15) is 9.59 Å². The number of carbonyl (C=O) groups excluding carboxylic acids is 1. The van der Waals surface area contributed by atoms with Crippen molar-refractivity contribution in [3.8, 4) is 0 Å². The monoisotopic (exact) mass is 297 g/mol. The van der Waals surface area contributed by atoms with Crippen molar-refractivity contribution in [1.29, 1.82) is 0 Å². The molecule has 2 aromatic heterocycles. The summed E-state index contributed by atoms with van der Waals surface area (Å²) in [7, 11) is 0. The lowest BCUT2D eigenvalue weighted by molar-refractivity contribution is 0.0935. The number of amides is 1.